The Morgan fingerprint density at radius 2 is 2.03 bits per heavy atom. The first-order valence-electron chi connectivity index (χ1n) is 11.0. The number of imidazole rings is 1. The first-order chi connectivity index (χ1) is 15.6. The molecule has 0 unspecified atom stereocenters. The van der Waals surface area contributed by atoms with Crippen molar-refractivity contribution in [2.45, 2.75) is 33.2 Å². The fourth-order valence-corrected chi connectivity index (χ4v) is 3.81. The van der Waals surface area contributed by atoms with Crippen LogP contribution in [0, 0.1) is 6.92 Å². The highest BCUT2D eigenvalue weighted by Gasteiger charge is 2.18. The van der Waals surface area contributed by atoms with Crippen LogP contribution in [0.15, 0.2) is 47.6 Å². The average Bonchev–Trinajstić information content (AvgIpc) is 3.19. The summed E-state index contributed by atoms with van der Waals surface area (Å²) >= 11 is 0. The number of carbonyl (C=O) groups excluding carboxylic acids is 1. The number of hydrogen-bond acceptors (Lipinski definition) is 6. The SMILES string of the molecule is CCc1nc2ccc(C)cn2c1C(=O)NCc1ccc(N2CCN=C(CCOC)N2)cc1. The lowest BCUT2D eigenvalue weighted by Crippen LogP contribution is -2.47. The molecule has 168 valence electrons. The summed E-state index contributed by atoms with van der Waals surface area (Å²) in [5.74, 6) is 0.824. The van der Waals surface area contributed by atoms with Gasteiger partial charge in [0.05, 0.1) is 31.1 Å². The summed E-state index contributed by atoms with van der Waals surface area (Å²) in [7, 11) is 1.69. The maximum absolute atomic E-state index is 13.0. The number of amidine groups is 1. The van der Waals surface area contributed by atoms with Crippen LogP contribution in [0.2, 0.25) is 0 Å². The third-order valence-electron chi connectivity index (χ3n) is 5.52. The van der Waals surface area contributed by atoms with E-state index < -0.39 is 0 Å². The minimum Gasteiger partial charge on any atom is -0.384 e. The fraction of sp³-hybridized carbons (Fsp3) is 0.375. The molecule has 0 spiro atoms. The highest BCUT2D eigenvalue weighted by molar-refractivity contribution is 5.94. The molecule has 0 radical (unpaired) electrons. The maximum Gasteiger partial charge on any atom is 0.270 e. The molecule has 0 fully saturated rings. The van der Waals surface area contributed by atoms with Crippen molar-refractivity contribution in [2.75, 3.05) is 31.8 Å². The van der Waals surface area contributed by atoms with E-state index in [0.29, 0.717) is 25.3 Å². The quantitative estimate of drug-likeness (QED) is 0.570. The number of nitrogens with zero attached hydrogens (tertiary/aromatic N) is 4. The minimum atomic E-state index is -0.110. The molecule has 2 N–H and O–H groups in total. The van der Waals surface area contributed by atoms with E-state index in [2.05, 4.69) is 37.9 Å². The number of pyridine rings is 1. The van der Waals surface area contributed by atoms with Crippen LogP contribution in [0.25, 0.3) is 5.65 Å². The van der Waals surface area contributed by atoms with Crippen LogP contribution in [0.1, 0.15) is 40.7 Å². The van der Waals surface area contributed by atoms with Crippen LogP contribution in [-0.2, 0) is 17.7 Å². The van der Waals surface area contributed by atoms with E-state index in [1.807, 2.05) is 48.7 Å². The zero-order valence-corrected chi connectivity index (χ0v) is 18.9. The second-order valence-electron chi connectivity index (χ2n) is 7.88. The molecule has 0 saturated heterocycles. The molecule has 8 heteroatoms. The minimum absolute atomic E-state index is 0.110. The molecule has 4 rings (SSSR count). The number of aliphatic imine (C=N–C) groups is 1. The first kappa shape index (κ1) is 21.8. The molecule has 0 saturated carbocycles. The maximum atomic E-state index is 13.0. The predicted octanol–water partition coefficient (Wildman–Crippen LogP) is 2.89. The number of amides is 1. The molecular formula is C24H30N6O2. The predicted molar refractivity (Wildman–Crippen MR) is 126 cm³/mol. The molecule has 2 aromatic heterocycles. The molecule has 32 heavy (non-hydrogen) atoms. The summed E-state index contributed by atoms with van der Waals surface area (Å²) in [5.41, 5.74) is 8.76. The molecule has 8 nitrogen and oxygen atoms in total. The summed E-state index contributed by atoms with van der Waals surface area (Å²) in [5, 5.41) is 5.15. The number of benzene rings is 1. The van der Waals surface area contributed by atoms with E-state index in [1.165, 1.54) is 0 Å². The number of aryl methyl sites for hydroxylation is 2. The fourth-order valence-electron chi connectivity index (χ4n) is 3.81. The monoisotopic (exact) mass is 434 g/mol. The standard InChI is InChI=1S/C24H30N6O2/c1-4-20-23(29-16-17(2)5-10-22(29)27-20)24(31)26-15-18-6-8-19(9-7-18)30-13-12-25-21(28-30)11-14-32-3/h5-10,16H,4,11-15H2,1-3H3,(H,25,28)(H,26,31). The van der Waals surface area contributed by atoms with Gasteiger partial charge in [-0.05, 0) is 42.7 Å². The number of hydrogen-bond donors (Lipinski definition) is 2. The van der Waals surface area contributed by atoms with Crippen LogP contribution in [0.3, 0.4) is 0 Å². The van der Waals surface area contributed by atoms with Crippen LogP contribution in [0.4, 0.5) is 5.69 Å². The lowest BCUT2D eigenvalue weighted by molar-refractivity contribution is 0.0944. The van der Waals surface area contributed by atoms with Crippen LogP contribution >= 0.6 is 0 Å². The number of aromatic nitrogens is 2. The second kappa shape index (κ2) is 9.82. The van der Waals surface area contributed by atoms with Crippen molar-refractivity contribution in [1.82, 2.24) is 20.1 Å². The molecule has 1 aromatic carbocycles. The number of hydrazine groups is 1. The van der Waals surface area contributed by atoms with Crippen molar-refractivity contribution in [2.24, 2.45) is 4.99 Å². The molecule has 0 bridgehead atoms. The van der Waals surface area contributed by atoms with Crippen molar-refractivity contribution in [3.63, 3.8) is 0 Å². The van der Waals surface area contributed by atoms with Gasteiger partial charge in [-0.15, -0.1) is 0 Å². The molecule has 3 aromatic rings. The van der Waals surface area contributed by atoms with Crippen molar-refractivity contribution >= 4 is 23.1 Å². The Hall–Kier alpha value is -3.39. The van der Waals surface area contributed by atoms with E-state index in [9.17, 15) is 4.79 Å². The lowest BCUT2D eigenvalue weighted by Gasteiger charge is -2.30. The largest absolute Gasteiger partial charge is 0.384 e. The van der Waals surface area contributed by atoms with Gasteiger partial charge in [0.25, 0.3) is 5.91 Å². The highest BCUT2D eigenvalue weighted by Crippen LogP contribution is 2.17. The number of ether oxygens (including phenoxy) is 1. The zero-order valence-electron chi connectivity index (χ0n) is 18.9. The van der Waals surface area contributed by atoms with Crippen molar-refractivity contribution in [3.8, 4) is 0 Å². The molecule has 0 aliphatic carbocycles. The Labute approximate surface area is 188 Å². The van der Waals surface area contributed by atoms with Gasteiger partial charge >= 0.3 is 0 Å². The van der Waals surface area contributed by atoms with Gasteiger partial charge in [0.1, 0.15) is 17.2 Å². The molecular weight excluding hydrogens is 404 g/mol. The second-order valence-corrected chi connectivity index (χ2v) is 7.88. The molecule has 3 heterocycles. The molecule has 1 amide bonds. The number of methoxy groups -OCH3 is 1. The van der Waals surface area contributed by atoms with Gasteiger partial charge in [-0.1, -0.05) is 25.1 Å². The zero-order chi connectivity index (χ0) is 22.5. The van der Waals surface area contributed by atoms with Crippen LogP contribution < -0.4 is 15.8 Å². The first-order valence-corrected chi connectivity index (χ1v) is 11.0. The Morgan fingerprint density at radius 3 is 2.78 bits per heavy atom. The Morgan fingerprint density at radius 1 is 1.22 bits per heavy atom. The Kier molecular flexibility index (Phi) is 6.70. The van der Waals surface area contributed by atoms with Crippen LogP contribution in [0.5, 0.6) is 0 Å². The lowest BCUT2D eigenvalue weighted by atomic mass is 10.2. The van der Waals surface area contributed by atoms with Crippen molar-refractivity contribution in [3.05, 3.63) is 65.1 Å². The van der Waals surface area contributed by atoms with Crippen molar-refractivity contribution < 1.29 is 9.53 Å². The van der Waals surface area contributed by atoms with Crippen molar-refractivity contribution in [1.29, 1.82) is 0 Å². The number of nitrogens with one attached hydrogen (secondary N) is 2. The van der Waals surface area contributed by atoms with Gasteiger partial charge in [-0.3, -0.25) is 24.6 Å². The Balaban J connectivity index is 1.41. The van der Waals surface area contributed by atoms with E-state index in [-0.39, 0.29) is 5.91 Å². The Bertz CT molecular complexity index is 1120. The normalized spacial score (nSPS) is 13.7. The van der Waals surface area contributed by atoms with E-state index in [1.54, 1.807) is 7.11 Å². The van der Waals surface area contributed by atoms with E-state index >= 15 is 0 Å². The smallest absolute Gasteiger partial charge is 0.270 e. The molecule has 1 aliphatic heterocycles. The van der Waals surface area contributed by atoms with Crippen LogP contribution in [-0.4, -0.2) is 47.9 Å². The van der Waals surface area contributed by atoms with Gasteiger partial charge in [0, 0.05) is 26.3 Å². The van der Waals surface area contributed by atoms with Gasteiger partial charge in [0.2, 0.25) is 0 Å². The van der Waals surface area contributed by atoms with Gasteiger partial charge < -0.3 is 10.1 Å². The summed E-state index contributed by atoms with van der Waals surface area (Å²) in [6.45, 7) is 6.68. The third-order valence-corrected chi connectivity index (χ3v) is 5.52. The molecule has 0 atom stereocenters. The van der Waals surface area contributed by atoms with Gasteiger partial charge in [-0.2, -0.15) is 0 Å². The number of rotatable bonds is 8. The van der Waals surface area contributed by atoms with Gasteiger partial charge in [-0.25, -0.2) is 4.98 Å². The third kappa shape index (κ3) is 4.75. The highest BCUT2D eigenvalue weighted by atomic mass is 16.5. The van der Waals surface area contributed by atoms with E-state index in [0.717, 1.165) is 53.5 Å². The summed E-state index contributed by atoms with van der Waals surface area (Å²) < 4.78 is 7.03. The average molecular weight is 435 g/mol. The topological polar surface area (TPSA) is 83.3 Å². The number of anilines is 1. The number of carbonyl (C=O) groups is 1. The summed E-state index contributed by atoms with van der Waals surface area (Å²) in [6, 6.07) is 12.2. The van der Waals surface area contributed by atoms with E-state index in [4.69, 9.17) is 4.74 Å². The van der Waals surface area contributed by atoms with Gasteiger partial charge in [0.15, 0.2) is 0 Å². The number of fused-ring (bicyclic) bond motifs is 1. The molecule has 1 aliphatic rings. The summed E-state index contributed by atoms with van der Waals surface area (Å²) in [6.07, 6.45) is 3.43. The summed E-state index contributed by atoms with van der Waals surface area (Å²) in [4.78, 5) is 22.1.